The molecule has 0 saturated carbocycles. The van der Waals surface area contributed by atoms with Gasteiger partial charge in [-0.15, -0.1) is 11.3 Å². The molecule has 1 amide bonds. The molecule has 0 unspecified atom stereocenters. The van der Waals surface area contributed by atoms with Crippen LogP contribution in [0, 0.1) is 0 Å². The summed E-state index contributed by atoms with van der Waals surface area (Å²) in [7, 11) is -2.15. The number of carbonyl (C=O) groups excluding carboxylic acids is 1. The molecule has 1 saturated heterocycles. The van der Waals surface area contributed by atoms with Crippen LogP contribution < -0.4 is 15.0 Å². The van der Waals surface area contributed by atoms with Crippen molar-refractivity contribution in [1.82, 2.24) is 9.62 Å². The third kappa shape index (κ3) is 5.27. The van der Waals surface area contributed by atoms with Crippen LogP contribution in [0.1, 0.15) is 27.7 Å². The van der Waals surface area contributed by atoms with Crippen LogP contribution in [0.5, 0.6) is 5.75 Å². The van der Waals surface area contributed by atoms with Gasteiger partial charge < -0.3 is 15.0 Å². The van der Waals surface area contributed by atoms with E-state index in [9.17, 15) is 13.2 Å². The molecule has 1 N–H and O–H groups in total. The Balaban J connectivity index is 1.41. The van der Waals surface area contributed by atoms with Crippen LogP contribution in [-0.2, 0) is 23.0 Å². The molecule has 7 nitrogen and oxygen atoms in total. The van der Waals surface area contributed by atoms with Crippen molar-refractivity contribution in [3.8, 4) is 5.75 Å². The Morgan fingerprint density at radius 3 is 2.41 bits per heavy atom. The third-order valence-corrected chi connectivity index (χ3v) is 8.98. The predicted octanol–water partition coefficient (Wildman–Crippen LogP) is 3.76. The number of aryl methyl sites for hydroxylation is 1. The van der Waals surface area contributed by atoms with Crippen molar-refractivity contribution < 1.29 is 17.9 Å². The topological polar surface area (TPSA) is 79.0 Å². The maximum atomic E-state index is 13.4. The van der Waals surface area contributed by atoms with E-state index < -0.39 is 10.0 Å². The lowest BCUT2D eigenvalue weighted by molar-refractivity contribution is 0.0952. The second-order valence-corrected chi connectivity index (χ2v) is 10.9. The molecule has 1 aliphatic rings. The average Bonchev–Trinajstić information content (AvgIpc) is 3.39. The fourth-order valence-electron chi connectivity index (χ4n) is 3.95. The Kier molecular flexibility index (Phi) is 7.55. The third-order valence-electron chi connectivity index (χ3n) is 5.99. The highest BCUT2D eigenvalue weighted by Crippen LogP contribution is 2.28. The summed E-state index contributed by atoms with van der Waals surface area (Å²) >= 11 is 1.15. The normalized spacial score (nSPS) is 14.7. The van der Waals surface area contributed by atoms with Crippen molar-refractivity contribution in [2.24, 2.45) is 0 Å². The molecule has 1 fully saturated rings. The number of anilines is 1. The summed E-state index contributed by atoms with van der Waals surface area (Å²) < 4.78 is 33.5. The van der Waals surface area contributed by atoms with E-state index in [0.717, 1.165) is 34.8 Å². The number of carbonyl (C=O) groups is 1. The largest absolute Gasteiger partial charge is 0.497 e. The lowest BCUT2D eigenvalue weighted by atomic mass is 10.1. The number of benzene rings is 2. The van der Waals surface area contributed by atoms with E-state index in [4.69, 9.17) is 4.74 Å². The second-order valence-electron chi connectivity index (χ2n) is 8.06. The van der Waals surface area contributed by atoms with Gasteiger partial charge in [-0.1, -0.05) is 37.3 Å². The first kappa shape index (κ1) is 24.3. The van der Waals surface area contributed by atoms with Crippen LogP contribution >= 0.6 is 11.3 Å². The van der Waals surface area contributed by atoms with Gasteiger partial charge in [-0.2, -0.15) is 4.31 Å². The zero-order valence-corrected chi connectivity index (χ0v) is 21.0. The number of amides is 1. The molecule has 0 aliphatic carbocycles. The molecule has 2 heterocycles. The van der Waals surface area contributed by atoms with Crippen LogP contribution in [0.3, 0.4) is 0 Å². The summed E-state index contributed by atoms with van der Waals surface area (Å²) in [6.07, 6.45) is 0.955. The highest BCUT2D eigenvalue weighted by Gasteiger charge is 2.32. The molecule has 9 heteroatoms. The van der Waals surface area contributed by atoms with E-state index in [1.54, 1.807) is 12.5 Å². The molecule has 1 aliphatic heterocycles. The molecule has 0 bridgehead atoms. The number of piperazine rings is 1. The van der Waals surface area contributed by atoms with Gasteiger partial charge in [0.25, 0.3) is 5.91 Å². The van der Waals surface area contributed by atoms with E-state index in [1.165, 1.54) is 15.9 Å². The number of sulfonamides is 1. The highest BCUT2D eigenvalue weighted by molar-refractivity contribution is 7.89. The fraction of sp³-hybridized carbons (Fsp3) is 0.320. The highest BCUT2D eigenvalue weighted by atomic mass is 32.2. The van der Waals surface area contributed by atoms with Crippen molar-refractivity contribution in [2.45, 2.75) is 24.8 Å². The predicted molar refractivity (Wildman–Crippen MR) is 135 cm³/mol. The molecule has 1 aromatic heterocycles. The first-order chi connectivity index (χ1) is 16.4. The molecular formula is C25H29N3O4S2. The quantitative estimate of drug-likeness (QED) is 0.511. The van der Waals surface area contributed by atoms with Gasteiger partial charge in [0.05, 0.1) is 7.11 Å². The van der Waals surface area contributed by atoms with Crippen molar-refractivity contribution in [2.75, 3.05) is 38.2 Å². The lowest BCUT2D eigenvalue weighted by Gasteiger charge is -2.35. The average molecular weight is 500 g/mol. The number of nitrogens with zero attached hydrogens (tertiary/aromatic N) is 2. The molecule has 3 aromatic rings. The van der Waals surface area contributed by atoms with E-state index in [2.05, 4.69) is 17.1 Å². The maximum absolute atomic E-state index is 13.4. The molecule has 2 aromatic carbocycles. The van der Waals surface area contributed by atoms with Gasteiger partial charge in [-0.3, -0.25) is 4.79 Å². The van der Waals surface area contributed by atoms with Gasteiger partial charge in [0.15, 0.2) is 0 Å². The van der Waals surface area contributed by atoms with E-state index in [1.807, 2.05) is 48.5 Å². The smallest absolute Gasteiger partial charge is 0.263 e. The fourth-order valence-corrected chi connectivity index (χ4v) is 6.69. The molecule has 34 heavy (non-hydrogen) atoms. The van der Waals surface area contributed by atoms with Crippen LogP contribution in [-0.4, -0.2) is 51.9 Å². The van der Waals surface area contributed by atoms with Crippen LogP contribution in [0.4, 0.5) is 5.69 Å². The number of methoxy groups -OCH3 is 1. The zero-order chi connectivity index (χ0) is 24.1. The summed E-state index contributed by atoms with van der Waals surface area (Å²) in [6, 6.07) is 17.3. The number of ether oxygens (including phenoxy) is 1. The standard InChI is InChI=1S/C25H29N3O4S2/c1-3-19-7-9-20(10-8-19)18-26-25(29)24-23(11-16-33-24)34(30,31)28-14-12-27(13-15-28)21-5-4-6-22(17-21)32-2/h4-11,16-17H,3,12-15,18H2,1-2H3,(H,26,29). The summed E-state index contributed by atoms with van der Waals surface area (Å²) in [4.78, 5) is 15.3. The zero-order valence-electron chi connectivity index (χ0n) is 19.4. The van der Waals surface area contributed by atoms with Crippen LogP contribution in [0.15, 0.2) is 64.9 Å². The van der Waals surface area contributed by atoms with E-state index in [0.29, 0.717) is 32.7 Å². The van der Waals surface area contributed by atoms with E-state index >= 15 is 0 Å². The molecular weight excluding hydrogens is 470 g/mol. The number of hydrogen-bond acceptors (Lipinski definition) is 6. The Hall–Kier alpha value is -2.88. The van der Waals surface area contributed by atoms with E-state index in [-0.39, 0.29) is 15.7 Å². The minimum absolute atomic E-state index is 0.0751. The summed E-state index contributed by atoms with van der Waals surface area (Å²) in [5, 5.41) is 4.52. The van der Waals surface area contributed by atoms with Crippen LogP contribution in [0.25, 0.3) is 0 Å². The Labute approximate surface area is 205 Å². The second kappa shape index (κ2) is 10.6. The van der Waals surface area contributed by atoms with Gasteiger partial charge in [0, 0.05) is 44.5 Å². The number of hydrogen-bond donors (Lipinski definition) is 1. The minimum Gasteiger partial charge on any atom is -0.497 e. The molecule has 180 valence electrons. The Morgan fingerprint density at radius 2 is 1.74 bits per heavy atom. The summed E-state index contributed by atoms with van der Waals surface area (Å²) in [5.74, 6) is 0.394. The lowest BCUT2D eigenvalue weighted by Crippen LogP contribution is -2.48. The summed E-state index contributed by atoms with van der Waals surface area (Å²) in [5.41, 5.74) is 3.20. The Morgan fingerprint density at radius 1 is 1.03 bits per heavy atom. The molecule has 0 spiro atoms. The van der Waals surface area contributed by atoms with Gasteiger partial charge in [-0.05, 0) is 41.1 Å². The van der Waals surface area contributed by atoms with Crippen molar-refractivity contribution in [3.05, 3.63) is 76.0 Å². The van der Waals surface area contributed by atoms with Gasteiger partial charge in [0.2, 0.25) is 10.0 Å². The monoisotopic (exact) mass is 499 g/mol. The first-order valence-corrected chi connectivity index (χ1v) is 13.6. The van der Waals surface area contributed by atoms with Gasteiger partial charge in [0.1, 0.15) is 15.5 Å². The van der Waals surface area contributed by atoms with Crippen LogP contribution in [0.2, 0.25) is 0 Å². The Bertz CT molecular complexity index is 1230. The number of nitrogens with one attached hydrogen (secondary N) is 1. The van der Waals surface area contributed by atoms with Crippen molar-refractivity contribution >= 4 is 33.0 Å². The minimum atomic E-state index is -3.77. The van der Waals surface area contributed by atoms with Gasteiger partial charge in [-0.25, -0.2) is 8.42 Å². The number of rotatable bonds is 8. The van der Waals surface area contributed by atoms with Crippen molar-refractivity contribution in [3.63, 3.8) is 0 Å². The van der Waals surface area contributed by atoms with Crippen molar-refractivity contribution in [1.29, 1.82) is 0 Å². The molecule has 4 rings (SSSR count). The van der Waals surface area contributed by atoms with Gasteiger partial charge >= 0.3 is 0 Å². The summed E-state index contributed by atoms with van der Waals surface area (Å²) in [6.45, 7) is 4.26. The first-order valence-electron chi connectivity index (χ1n) is 11.2. The SMILES string of the molecule is CCc1ccc(CNC(=O)c2sccc2S(=O)(=O)N2CCN(c3cccc(OC)c3)CC2)cc1. The molecule has 0 atom stereocenters. The maximum Gasteiger partial charge on any atom is 0.263 e. The molecule has 0 radical (unpaired) electrons. The number of thiophene rings is 1.